The third kappa shape index (κ3) is 4.68. The first-order valence-electron chi connectivity index (χ1n) is 12.2. The number of hydrogen-bond acceptors (Lipinski definition) is 5. The molecule has 2 aliphatic heterocycles. The highest BCUT2D eigenvalue weighted by atomic mass is 16.6. The maximum Gasteiger partial charge on any atom is 0.227 e. The molecule has 0 bridgehead atoms. The minimum atomic E-state index is -0.511. The molecule has 5 atom stereocenters. The smallest absolute Gasteiger partial charge is 0.227 e. The summed E-state index contributed by atoms with van der Waals surface area (Å²) in [6.07, 6.45) is 2.69. The van der Waals surface area contributed by atoms with Crippen LogP contribution in [0.4, 0.5) is 5.69 Å². The maximum atomic E-state index is 12.8. The number of fused-ring (bicyclic) bond motifs is 3. The average molecular weight is 465 g/mol. The molecule has 2 fully saturated rings. The number of aliphatic hydroxyl groups is 1. The van der Waals surface area contributed by atoms with Crippen molar-refractivity contribution in [3.8, 4) is 5.75 Å². The molecular weight excluding hydrogens is 432 g/mol. The van der Waals surface area contributed by atoms with Crippen LogP contribution >= 0.6 is 0 Å². The van der Waals surface area contributed by atoms with E-state index in [4.69, 9.17) is 9.47 Å². The minimum absolute atomic E-state index is 0.00852. The van der Waals surface area contributed by atoms with Gasteiger partial charge in [0, 0.05) is 23.1 Å². The Morgan fingerprint density at radius 1 is 1.15 bits per heavy atom. The Bertz CT molecular complexity index is 1040. The first-order chi connectivity index (χ1) is 16.5. The topological polar surface area (TPSA) is 96.9 Å². The molecule has 3 N–H and O–H groups in total. The van der Waals surface area contributed by atoms with Crippen LogP contribution in [-0.4, -0.2) is 41.8 Å². The van der Waals surface area contributed by atoms with Gasteiger partial charge in [-0.3, -0.25) is 9.59 Å². The molecule has 2 aromatic rings. The van der Waals surface area contributed by atoms with Crippen molar-refractivity contribution in [3.05, 3.63) is 59.7 Å². The molecule has 0 unspecified atom stereocenters. The molecule has 1 aliphatic carbocycles. The number of ether oxygens (including phenoxy) is 2. The molecular formula is C27H32N2O5. The van der Waals surface area contributed by atoms with Crippen molar-refractivity contribution >= 4 is 17.5 Å². The summed E-state index contributed by atoms with van der Waals surface area (Å²) in [6, 6.07) is 15.4. The first kappa shape index (κ1) is 22.9. The molecule has 2 heterocycles. The molecule has 5 rings (SSSR count). The zero-order chi connectivity index (χ0) is 23.7. The van der Waals surface area contributed by atoms with Gasteiger partial charge in [0.15, 0.2) is 0 Å². The normalized spacial score (nSPS) is 26.4. The van der Waals surface area contributed by atoms with Gasteiger partial charge in [0.1, 0.15) is 18.0 Å². The molecule has 34 heavy (non-hydrogen) atoms. The van der Waals surface area contributed by atoms with E-state index in [9.17, 15) is 14.7 Å². The monoisotopic (exact) mass is 464 g/mol. The highest BCUT2D eigenvalue weighted by Gasteiger charge is 2.46. The summed E-state index contributed by atoms with van der Waals surface area (Å²) in [5.74, 6) is 0.841. The Kier molecular flexibility index (Phi) is 6.57. The zero-order valence-electron chi connectivity index (χ0n) is 19.4. The summed E-state index contributed by atoms with van der Waals surface area (Å²) in [7, 11) is 0. The molecule has 7 heteroatoms. The van der Waals surface area contributed by atoms with Crippen molar-refractivity contribution < 1.29 is 24.2 Å². The second kappa shape index (κ2) is 9.76. The molecule has 2 aromatic carbocycles. The highest BCUT2D eigenvalue weighted by Crippen LogP contribution is 2.47. The number of amides is 2. The van der Waals surface area contributed by atoms with E-state index in [2.05, 4.69) is 10.6 Å². The standard InChI is InChI=1S/C27H32N2O5/c1-16(17-6-3-2-4-7-17)28-25(31)14-20-13-22-21-12-19(29-27(32)18-8-5-9-18)10-11-23(21)34-26(22)24(15-30)33-20/h2-4,6-7,10-12,16,18,20,22,24,26,30H,5,8-9,13-15H2,1H3,(H,28,31)(H,29,32)/t16-,20+,22-,24+,26+/m1/s1. The Morgan fingerprint density at radius 3 is 2.65 bits per heavy atom. The third-order valence-corrected chi connectivity index (χ3v) is 7.33. The lowest BCUT2D eigenvalue weighted by atomic mass is 9.83. The lowest BCUT2D eigenvalue weighted by Gasteiger charge is -2.37. The second-order valence-electron chi connectivity index (χ2n) is 9.68. The summed E-state index contributed by atoms with van der Waals surface area (Å²) >= 11 is 0. The highest BCUT2D eigenvalue weighted by molar-refractivity contribution is 5.93. The van der Waals surface area contributed by atoms with E-state index >= 15 is 0 Å². The molecule has 180 valence electrons. The number of benzene rings is 2. The van der Waals surface area contributed by atoms with Gasteiger partial charge in [0.2, 0.25) is 11.8 Å². The summed E-state index contributed by atoms with van der Waals surface area (Å²) in [5, 5.41) is 16.1. The van der Waals surface area contributed by atoms with Crippen LogP contribution in [0.15, 0.2) is 48.5 Å². The van der Waals surface area contributed by atoms with Crippen molar-refractivity contribution in [2.75, 3.05) is 11.9 Å². The number of nitrogens with one attached hydrogen (secondary N) is 2. The van der Waals surface area contributed by atoms with Gasteiger partial charge in [-0.15, -0.1) is 0 Å². The Labute approximate surface area is 199 Å². The van der Waals surface area contributed by atoms with E-state index in [-0.39, 0.29) is 54.9 Å². The molecule has 1 saturated heterocycles. The van der Waals surface area contributed by atoms with Crippen LogP contribution in [0.25, 0.3) is 0 Å². The summed E-state index contributed by atoms with van der Waals surface area (Å²) in [4.78, 5) is 25.2. The molecule has 2 amide bonds. The van der Waals surface area contributed by atoms with Gasteiger partial charge in [-0.05, 0) is 49.9 Å². The maximum absolute atomic E-state index is 12.8. The average Bonchev–Trinajstić information content (AvgIpc) is 3.16. The minimum Gasteiger partial charge on any atom is -0.487 e. The summed E-state index contributed by atoms with van der Waals surface area (Å²) in [6.45, 7) is 1.78. The number of carbonyl (C=O) groups excluding carboxylic acids is 2. The van der Waals surface area contributed by atoms with Crippen LogP contribution < -0.4 is 15.4 Å². The largest absolute Gasteiger partial charge is 0.487 e. The lowest BCUT2D eigenvalue weighted by molar-refractivity contribution is -0.142. The van der Waals surface area contributed by atoms with Crippen LogP contribution in [0.5, 0.6) is 5.75 Å². The molecule has 3 aliphatic rings. The van der Waals surface area contributed by atoms with Crippen molar-refractivity contribution in [3.63, 3.8) is 0 Å². The lowest BCUT2D eigenvalue weighted by Crippen LogP contribution is -2.47. The van der Waals surface area contributed by atoms with Gasteiger partial charge < -0.3 is 25.2 Å². The van der Waals surface area contributed by atoms with E-state index in [1.807, 2.05) is 55.5 Å². The number of anilines is 1. The predicted octanol–water partition coefficient (Wildman–Crippen LogP) is 3.69. The SMILES string of the molecule is C[C@@H](NC(=O)C[C@@H]1C[C@@H]2c3cc(NC(=O)C4CCC4)ccc3O[C@@H]2[C@H](CO)O1)c1ccccc1. The Hall–Kier alpha value is -2.90. The van der Waals surface area contributed by atoms with E-state index in [0.29, 0.717) is 6.42 Å². The van der Waals surface area contributed by atoms with Gasteiger partial charge in [0.05, 0.1) is 25.2 Å². The van der Waals surface area contributed by atoms with Gasteiger partial charge in [-0.1, -0.05) is 36.8 Å². The first-order valence-corrected chi connectivity index (χ1v) is 12.2. The van der Waals surface area contributed by atoms with Gasteiger partial charge in [-0.25, -0.2) is 0 Å². The van der Waals surface area contributed by atoms with Crippen LogP contribution in [0.1, 0.15) is 62.1 Å². The fraction of sp³-hybridized carbons (Fsp3) is 0.481. The number of hydrogen-bond donors (Lipinski definition) is 3. The van der Waals surface area contributed by atoms with Crippen LogP contribution in [0.3, 0.4) is 0 Å². The summed E-state index contributed by atoms with van der Waals surface area (Å²) in [5.41, 5.74) is 2.81. The van der Waals surface area contributed by atoms with Crippen molar-refractivity contribution in [1.82, 2.24) is 5.32 Å². The van der Waals surface area contributed by atoms with Crippen LogP contribution in [0.2, 0.25) is 0 Å². The van der Waals surface area contributed by atoms with Crippen LogP contribution in [-0.2, 0) is 14.3 Å². The van der Waals surface area contributed by atoms with E-state index in [1.165, 1.54) is 0 Å². The third-order valence-electron chi connectivity index (χ3n) is 7.33. The number of rotatable bonds is 7. The van der Waals surface area contributed by atoms with Crippen LogP contribution in [0, 0.1) is 5.92 Å². The van der Waals surface area contributed by atoms with E-state index < -0.39 is 6.10 Å². The van der Waals surface area contributed by atoms with Crippen molar-refractivity contribution in [2.45, 2.75) is 69.3 Å². The summed E-state index contributed by atoms with van der Waals surface area (Å²) < 4.78 is 12.2. The van der Waals surface area contributed by atoms with Gasteiger partial charge >= 0.3 is 0 Å². The van der Waals surface area contributed by atoms with Crippen molar-refractivity contribution in [1.29, 1.82) is 0 Å². The fourth-order valence-corrected chi connectivity index (χ4v) is 5.21. The van der Waals surface area contributed by atoms with Gasteiger partial charge in [-0.2, -0.15) is 0 Å². The number of carbonyl (C=O) groups is 2. The van der Waals surface area contributed by atoms with Gasteiger partial charge in [0.25, 0.3) is 0 Å². The Morgan fingerprint density at radius 2 is 1.94 bits per heavy atom. The van der Waals surface area contributed by atoms with Crippen molar-refractivity contribution in [2.24, 2.45) is 5.92 Å². The second-order valence-corrected chi connectivity index (χ2v) is 9.68. The predicted molar refractivity (Wildman–Crippen MR) is 128 cm³/mol. The molecule has 7 nitrogen and oxygen atoms in total. The molecule has 0 radical (unpaired) electrons. The molecule has 1 saturated carbocycles. The fourth-order valence-electron chi connectivity index (χ4n) is 5.21. The zero-order valence-corrected chi connectivity index (χ0v) is 19.4. The number of aliphatic hydroxyl groups excluding tert-OH is 1. The molecule has 0 spiro atoms. The molecule has 0 aromatic heterocycles. The quantitative estimate of drug-likeness (QED) is 0.581. The van der Waals surface area contributed by atoms with E-state index in [1.54, 1.807) is 0 Å². The van der Waals surface area contributed by atoms with E-state index in [0.717, 1.165) is 41.8 Å². The Balaban J connectivity index is 1.26.